The molecule has 6 nitrogen and oxygen atoms in total. The highest BCUT2D eigenvalue weighted by Crippen LogP contribution is 2.33. The first kappa shape index (κ1) is 20.2. The molecule has 1 N–H and O–H groups in total. The Morgan fingerprint density at radius 2 is 1.90 bits per heavy atom. The third-order valence-corrected chi connectivity index (χ3v) is 7.77. The van der Waals surface area contributed by atoms with Crippen molar-refractivity contribution in [2.75, 3.05) is 16.8 Å². The van der Waals surface area contributed by atoms with Crippen molar-refractivity contribution in [1.29, 1.82) is 0 Å². The van der Waals surface area contributed by atoms with Gasteiger partial charge in [-0.25, -0.2) is 9.67 Å². The van der Waals surface area contributed by atoms with Crippen LogP contribution in [0.25, 0.3) is 11.0 Å². The van der Waals surface area contributed by atoms with Crippen molar-refractivity contribution in [3.05, 3.63) is 51.8 Å². The Kier molecular flexibility index (Phi) is 5.31. The summed E-state index contributed by atoms with van der Waals surface area (Å²) < 4.78 is 14.0. The summed E-state index contributed by atoms with van der Waals surface area (Å²) in [6.07, 6.45) is 2.94. The third-order valence-electron chi connectivity index (χ3n) is 5.17. The van der Waals surface area contributed by atoms with E-state index in [9.17, 15) is 9.00 Å². The fraction of sp³-hybridized carbons (Fsp3) is 0.300. The van der Waals surface area contributed by atoms with Gasteiger partial charge in [0, 0.05) is 28.4 Å². The summed E-state index contributed by atoms with van der Waals surface area (Å²) in [5, 5.41) is 9.00. The summed E-state index contributed by atoms with van der Waals surface area (Å²) in [7, 11) is -1.98. The molecule has 2 aromatic heterocycles. The van der Waals surface area contributed by atoms with Gasteiger partial charge in [-0.2, -0.15) is 5.10 Å². The van der Waals surface area contributed by atoms with E-state index in [1.165, 1.54) is 6.20 Å². The van der Waals surface area contributed by atoms with Gasteiger partial charge in [-0.15, -0.1) is 0 Å². The van der Waals surface area contributed by atoms with E-state index in [1.54, 1.807) is 24.3 Å². The Morgan fingerprint density at radius 1 is 1.24 bits per heavy atom. The molecule has 0 saturated carbocycles. The molecule has 0 spiro atoms. The van der Waals surface area contributed by atoms with Crippen molar-refractivity contribution < 1.29 is 9.00 Å². The Labute approximate surface area is 179 Å². The molecule has 4 rings (SSSR count). The quantitative estimate of drug-likeness (QED) is 0.601. The summed E-state index contributed by atoms with van der Waals surface area (Å²) in [4.78, 5) is 17.2. The highest BCUT2D eigenvalue weighted by Gasteiger charge is 2.26. The van der Waals surface area contributed by atoms with E-state index in [4.69, 9.17) is 23.2 Å². The number of benzene rings is 1. The maximum Gasteiger partial charge on any atom is 0.258 e. The predicted molar refractivity (Wildman–Crippen MR) is 120 cm³/mol. The fourth-order valence-electron chi connectivity index (χ4n) is 3.57. The number of amides is 1. The molecule has 9 heteroatoms. The number of halogens is 2. The zero-order valence-electron chi connectivity index (χ0n) is 15.8. The maximum absolute atomic E-state index is 12.7. The lowest BCUT2D eigenvalue weighted by Gasteiger charge is -2.25. The summed E-state index contributed by atoms with van der Waals surface area (Å²) in [5.41, 5.74) is 2.24. The van der Waals surface area contributed by atoms with E-state index < -0.39 is 9.52 Å². The minimum Gasteiger partial charge on any atom is -0.322 e. The van der Waals surface area contributed by atoms with Crippen LogP contribution in [0.2, 0.25) is 10.0 Å². The molecule has 3 aromatic rings. The van der Waals surface area contributed by atoms with Crippen LogP contribution in [0.1, 0.15) is 34.9 Å². The number of aromatic nitrogens is 3. The highest BCUT2D eigenvalue weighted by molar-refractivity contribution is 8.00. The zero-order valence-corrected chi connectivity index (χ0v) is 18.2. The molecule has 152 valence electrons. The van der Waals surface area contributed by atoms with Crippen LogP contribution in [0.15, 0.2) is 30.5 Å². The van der Waals surface area contributed by atoms with Crippen LogP contribution in [0.4, 0.5) is 5.69 Å². The zero-order chi connectivity index (χ0) is 20.8. The van der Waals surface area contributed by atoms with Crippen molar-refractivity contribution >= 4 is 61.2 Å². The Morgan fingerprint density at radius 3 is 2.55 bits per heavy atom. The van der Waals surface area contributed by atoms with Crippen LogP contribution in [-0.2, 0) is 9.52 Å². The van der Waals surface area contributed by atoms with Gasteiger partial charge in [-0.1, -0.05) is 23.2 Å². The first-order valence-electron chi connectivity index (χ1n) is 9.18. The number of pyridine rings is 1. The normalized spacial score (nSPS) is 22.0. The lowest BCUT2D eigenvalue weighted by Crippen LogP contribution is -2.26. The van der Waals surface area contributed by atoms with E-state index in [0.29, 0.717) is 44.0 Å². The van der Waals surface area contributed by atoms with Crippen LogP contribution in [0.3, 0.4) is 0 Å². The Balaban J connectivity index is 1.66. The molecule has 1 saturated heterocycles. The number of anilines is 1. The first-order valence-corrected chi connectivity index (χ1v) is 12.0. The summed E-state index contributed by atoms with van der Waals surface area (Å²) >= 11 is 12.5. The molecule has 0 radical (unpaired) electrons. The average molecular weight is 451 g/mol. The second-order valence-electron chi connectivity index (χ2n) is 7.28. The van der Waals surface area contributed by atoms with Crippen LogP contribution < -0.4 is 5.32 Å². The van der Waals surface area contributed by atoms with Crippen LogP contribution in [0, 0.1) is 6.92 Å². The Bertz CT molecular complexity index is 1190. The van der Waals surface area contributed by atoms with Gasteiger partial charge in [-0.05, 0) is 59.4 Å². The molecule has 29 heavy (non-hydrogen) atoms. The van der Waals surface area contributed by atoms with Gasteiger partial charge in [0.05, 0.1) is 27.7 Å². The van der Waals surface area contributed by atoms with Crippen molar-refractivity contribution in [3.8, 4) is 0 Å². The molecule has 0 bridgehead atoms. The summed E-state index contributed by atoms with van der Waals surface area (Å²) in [5.74, 6) is 4.62. The van der Waals surface area contributed by atoms with E-state index >= 15 is 0 Å². The number of rotatable bonds is 3. The number of carbonyl (C=O) groups excluding carboxylic acids is 1. The molecule has 1 aromatic carbocycles. The number of carbonyl (C=O) groups is 1. The minimum atomic E-state index is -1.98. The molecule has 0 atom stereocenters. The average Bonchev–Trinajstić information content (AvgIpc) is 3.01. The molecule has 1 aliphatic rings. The fourth-order valence-corrected chi connectivity index (χ4v) is 5.66. The molecule has 1 amide bonds. The van der Waals surface area contributed by atoms with Gasteiger partial charge in [0.1, 0.15) is 0 Å². The van der Waals surface area contributed by atoms with Gasteiger partial charge in [0.25, 0.3) is 5.91 Å². The monoisotopic (exact) mass is 450 g/mol. The van der Waals surface area contributed by atoms with Crippen molar-refractivity contribution in [3.63, 3.8) is 0 Å². The van der Waals surface area contributed by atoms with E-state index in [2.05, 4.69) is 21.3 Å². The molecule has 1 fully saturated rings. The van der Waals surface area contributed by atoms with Gasteiger partial charge in [0.15, 0.2) is 5.65 Å². The predicted octanol–water partition coefficient (Wildman–Crippen LogP) is 4.35. The van der Waals surface area contributed by atoms with Gasteiger partial charge >= 0.3 is 0 Å². The number of hydrogen-bond acceptors (Lipinski definition) is 4. The van der Waals surface area contributed by atoms with Crippen LogP contribution >= 0.6 is 23.2 Å². The number of nitrogens with one attached hydrogen (secondary N) is 1. The largest absolute Gasteiger partial charge is 0.322 e. The smallest absolute Gasteiger partial charge is 0.258 e. The lowest BCUT2D eigenvalue weighted by atomic mass is 10.1. The number of nitrogens with zero attached hydrogens (tertiary/aromatic N) is 3. The molecular weight excluding hydrogens is 431 g/mol. The highest BCUT2D eigenvalue weighted by atomic mass is 35.5. The van der Waals surface area contributed by atoms with Crippen molar-refractivity contribution in [2.24, 2.45) is 0 Å². The minimum absolute atomic E-state index is 0.0971. The second kappa shape index (κ2) is 7.63. The second-order valence-corrected chi connectivity index (χ2v) is 10.8. The molecule has 0 unspecified atom stereocenters. The topological polar surface area (TPSA) is 76.9 Å². The van der Waals surface area contributed by atoms with Crippen LogP contribution in [0.5, 0.6) is 0 Å². The van der Waals surface area contributed by atoms with Crippen LogP contribution in [-0.4, -0.2) is 42.3 Å². The van der Waals surface area contributed by atoms with E-state index in [1.807, 2.05) is 11.6 Å². The summed E-state index contributed by atoms with van der Waals surface area (Å²) in [6.45, 7) is 1.85. The maximum atomic E-state index is 12.7. The molecule has 1 aliphatic heterocycles. The molecule has 0 aliphatic carbocycles. The third kappa shape index (κ3) is 3.99. The van der Waals surface area contributed by atoms with E-state index in [0.717, 1.165) is 12.8 Å². The van der Waals surface area contributed by atoms with Gasteiger partial charge in [0.2, 0.25) is 0 Å². The summed E-state index contributed by atoms with van der Waals surface area (Å²) in [6, 6.07) is 6.92. The lowest BCUT2D eigenvalue weighted by molar-refractivity contribution is 0.102. The number of hydrogen-bond donors (Lipinski definition) is 1. The van der Waals surface area contributed by atoms with Gasteiger partial charge in [-0.3, -0.25) is 9.00 Å². The molecule has 3 heterocycles. The first-order chi connectivity index (χ1) is 13.7. The standard InChI is InChI=1S/C20H20Cl2N4O2S/c1-12-17-18(22)16(20(27)24-14-5-3-13(21)4-6-14)11-23-19(17)26(25-12)15-7-9-29(2,28)10-8-15/h3-6,11,15H,2,7-10H2,1H3,(H,24,27). The van der Waals surface area contributed by atoms with Crippen molar-refractivity contribution in [2.45, 2.75) is 25.8 Å². The van der Waals surface area contributed by atoms with Gasteiger partial charge < -0.3 is 5.32 Å². The SMILES string of the molecule is C=S1(=O)CCC(n2nc(C)c3c(Cl)c(C(=O)Nc4ccc(Cl)cc4)cnc32)CC1. The number of aryl methyl sites for hydroxylation is 1. The van der Waals surface area contributed by atoms with Crippen molar-refractivity contribution in [1.82, 2.24) is 14.8 Å². The number of fused-ring (bicyclic) bond motifs is 1. The molecular formula is C20H20Cl2N4O2S. The Hall–Kier alpha value is -2.09. The van der Waals surface area contributed by atoms with E-state index in [-0.39, 0.29) is 17.5 Å².